The van der Waals surface area contributed by atoms with Crippen molar-refractivity contribution in [1.82, 2.24) is 4.72 Å². The summed E-state index contributed by atoms with van der Waals surface area (Å²) in [5.74, 6) is 0.770. The number of nitrogens with one attached hydrogen (secondary N) is 1. The van der Waals surface area contributed by atoms with E-state index >= 15 is 0 Å². The van der Waals surface area contributed by atoms with Gasteiger partial charge in [-0.05, 0) is 31.4 Å². The number of nitrogens with two attached hydrogens (primary N) is 1. The van der Waals surface area contributed by atoms with Crippen LogP contribution in [0.2, 0.25) is 0 Å². The molecule has 1 heterocycles. The molecule has 5 heteroatoms. The van der Waals surface area contributed by atoms with Crippen LogP contribution in [0.25, 0.3) is 0 Å². The number of rotatable bonds is 5. The van der Waals surface area contributed by atoms with E-state index in [1.807, 2.05) is 30.3 Å². The van der Waals surface area contributed by atoms with E-state index in [1.54, 1.807) is 0 Å². The Hall–Kier alpha value is -1.20. The second-order valence-corrected chi connectivity index (χ2v) is 6.08. The Balaban J connectivity index is 1.77. The van der Waals surface area contributed by atoms with E-state index < -0.39 is 11.0 Å². The fraction of sp³-hybridized carbons (Fsp3) is 0.500. The summed E-state index contributed by atoms with van der Waals surface area (Å²) in [6.07, 6.45) is 5.20. The van der Waals surface area contributed by atoms with Gasteiger partial charge < -0.3 is 5.73 Å². The molecule has 0 bridgehead atoms. The topological polar surface area (TPSA) is 67.5 Å². The molecule has 3 N–H and O–H groups in total. The highest BCUT2D eigenvalue weighted by Crippen LogP contribution is 2.14. The van der Waals surface area contributed by atoms with Crippen LogP contribution in [-0.4, -0.2) is 22.6 Å². The van der Waals surface area contributed by atoms with Crippen LogP contribution in [0, 0.1) is 0 Å². The zero-order valence-corrected chi connectivity index (χ0v) is 11.9. The highest BCUT2D eigenvalue weighted by molar-refractivity contribution is 7.83. The lowest BCUT2D eigenvalue weighted by atomic mass is 10.1. The van der Waals surface area contributed by atoms with Crippen molar-refractivity contribution in [3.63, 3.8) is 0 Å². The van der Waals surface area contributed by atoms with Crippen LogP contribution >= 0.6 is 0 Å². The molecule has 19 heavy (non-hydrogen) atoms. The molecule has 0 aliphatic carbocycles. The lowest BCUT2D eigenvalue weighted by molar-refractivity contribution is 0.550. The van der Waals surface area contributed by atoms with E-state index in [9.17, 15) is 4.21 Å². The van der Waals surface area contributed by atoms with Gasteiger partial charge in [0.25, 0.3) is 0 Å². The minimum absolute atomic E-state index is 0.280. The number of aliphatic imine (C=N–C) groups is 1. The molecule has 0 saturated heterocycles. The normalized spacial score (nSPS) is 21.5. The van der Waals surface area contributed by atoms with Gasteiger partial charge in [-0.15, -0.1) is 0 Å². The molecule has 4 nitrogen and oxygen atoms in total. The summed E-state index contributed by atoms with van der Waals surface area (Å²) in [5.41, 5.74) is 5.82. The first-order valence-electron chi connectivity index (χ1n) is 6.78. The number of hydrogen-bond donors (Lipinski definition) is 2. The van der Waals surface area contributed by atoms with E-state index in [2.05, 4.69) is 9.71 Å². The van der Waals surface area contributed by atoms with Gasteiger partial charge in [0.1, 0.15) is 11.0 Å². The molecular weight excluding hydrogens is 258 g/mol. The van der Waals surface area contributed by atoms with Gasteiger partial charge in [0.2, 0.25) is 0 Å². The molecule has 1 aromatic rings. The predicted molar refractivity (Wildman–Crippen MR) is 79.3 cm³/mol. The van der Waals surface area contributed by atoms with E-state index in [0.29, 0.717) is 6.54 Å². The van der Waals surface area contributed by atoms with Crippen molar-refractivity contribution >= 4 is 16.8 Å². The smallest absolute Gasteiger partial charge is 0.124 e. The van der Waals surface area contributed by atoms with E-state index in [4.69, 9.17) is 5.73 Å². The van der Waals surface area contributed by atoms with Crippen LogP contribution in [0.15, 0.2) is 40.2 Å². The number of hydrogen-bond acceptors (Lipinski definition) is 3. The second-order valence-electron chi connectivity index (χ2n) is 4.78. The first-order chi connectivity index (χ1) is 9.25. The van der Waals surface area contributed by atoms with Gasteiger partial charge in [-0.1, -0.05) is 24.6 Å². The average molecular weight is 279 g/mol. The Morgan fingerprint density at radius 1 is 1.32 bits per heavy atom. The standard InChI is InChI=1S/C14H21N3OS/c15-14-9-5-4-6-12(17-14)10-11-16-19(18)13-7-2-1-3-8-13/h1-3,7-8,12,16H,4-6,9-11H2,(H2,15,17). The lowest BCUT2D eigenvalue weighted by Gasteiger charge is -2.11. The molecule has 2 unspecified atom stereocenters. The Labute approximate surface area is 117 Å². The third kappa shape index (κ3) is 4.76. The quantitative estimate of drug-likeness (QED) is 0.865. The van der Waals surface area contributed by atoms with Gasteiger partial charge in [0.15, 0.2) is 0 Å². The summed E-state index contributed by atoms with van der Waals surface area (Å²) < 4.78 is 15.0. The predicted octanol–water partition coefficient (Wildman–Crippen LogP) is 1.99. The van der Waals surface area contributed by atoms with Gasteiger partial charge in [-0.3, -0.25) is 4.99 Å². The lowest BCUT2D eigenvalue weighted by Crippen LogP contribution is -2.23. The molecule has 0 aromatic heterocycles. The van der Waals surface area contributed by atoms with Gasteiger partial charge in [0, 0.05) is 13.0 Å². The average Bonchev–Trinajstić information content (AvgIpc) is 2.64. The first-order valence-corrected chi connectivity index (χ1v) is 7.93. The highest BCUT2D eigenvalue weighted by atomic mass is 32.2. The second kappa shape index (κ2) is 7.40. The van der Waals surface area contributed by atoms with Crippen LogP contribution in [0.1, 0.15) is 32.1 Å². The number of nitrogens with zero attached hydrogens (tertiary/aromatic N) is 1. The van der Waals surface area contributed by atoms with Crippen molar-refractivity contribution in [3.05, 3.63) is 30.3 Å². The maximum absolute atomic E-state index is 12.0. The van der Waals surface area contributed by atoms with Crippen molar-refractivity contribution in [2.45, 2.75) is 43.0 Å². The zero-order chi connectivity index (χ0) is 13.5. The fourth-order valence-corrected chi connectivity index (χ4v) is 3.08. The molecule has 1 aliphatic heterocycles. The minimum Gasteiger partial charge on any atom is -0.387 e. The number of amidine groups is 1. The molecule has 2 rings (SSSR count). The summed E-state index contributed by atoms with van der Waals surface area (Å²) in [6, 6.07) is 9.72. The first kappa shape index (κ1) is 14.2. The Morgan fingerprint density at radius 3 is 2.89 bits per heavy atom. The van der Waals surface area contributed by atoms with Crippen LogP contribution in [0.3, 0.4) is 0 Å². The van der Waals surface area contributed by atoms with Crippen molar-refractivity contribution < 1.29 is 4.21 Å². The maximum atomic E-state index is 12.0. The molecule has 2 atom stereocenters. The molecule has 0 radical (unpaired) electrons. The van der Waals surface area contributed by atoms with Crippen LogP contribution in [0.4, 0.5) is 0 Å². The third-order valence-corrected chi connectivity index (χ3v) is 4.40. The molecule has 104 valence electrons. The molecule has 0 fully saturated rings. The van der Waals surface area contributed by atoms with Crippen molar-refractivity contribution in [3.8, 4) is 0 Å². The Morgan fingerprint density at radius 2 is 2.11 bits per heavy atom. The van der Waals surface area contributed by atoms with Gasteiger partial charge >= 0.3 is 0 Å². The Kier molecular flexibility index (Phi) is 5.54. The van der Waals surface area contributed by atoms with Crippen LogP contribution < -0.4 is 10.5 Å². The fourth-order valence-electron chi connectivity index (χ4n) is 2.20. The molecule has 0 spiro atoms. The van der Waals surface area contributed by atoms with Gasteiger partial charge in [-0.2, -0.15) is 0 Å². The van der Waals surface area contributed by atoms with E-state index in [1.165, 1.54) is 6.42 Å². The summed E-state index contributed by atoms with van der Waals surface area (Å²) in [6.45, 7) is 0.697. The molecule has 1 aliphatic rings. The Bertz CT molecular complexity index is 447. The summed E-state index contributed by atoms with van der Waals surface area (Å²) in [5, 5.41) is 0. The SMILES string of the molecule is NC1=NC(CCNS(=O)c2ccccc2)CCCC1. The maximum Gasteiger partial charge on any atom is 0.124 e. The summed E-state index contributed by atoms with van der Waals surface area (Å²) >= 11 is 0. The minimum atomic E-state index is -1.13. The van der Waals surface area contributed by atoms with Crippen LogP contribution in [-0.2, 0) is 11.0 Å². The zero-order valence-electron chi connectivity index (χ0n) is 11.0. The monoisotopic (exact) mass is 279 g/mol. The highest BCUT2D eigenvalue weighted by Gasteiger charge is 2.12. The summed E-state index contributed by atoms with van der Waals surface area (Å²) in [7, 11) is -1.13. The largest absolute Gasteiger partial charge is 0.387 e. The van der Waals surface area contributed by atoms with Gasteiger partial charge in [0.05, 0.1) is 16.8 Å². The molecular formula is C14H21N3OS. The van der Waals surface area contributed by atoms with Crippen molar-refractivity contribution in [2.24, 2.45) is 10.7 Å². The van der Waals surface area contributed by atoms with Crippen molar-refractivity contribution in [2.75, 3.05) is 6.54 Å². The van der Waals surface area contributed by atoms with Crippen molar-refractivity contribution in [1.29, 1.82) is 0 Å². The van der Waals surface area contributed by atoms with Gasteiger partial charge in [-0.25, -0.2) is 8.93 Å². The number of benzene rings is 1. The molecule has 1 aromatic carbocycles. The van der Waals surface area contributed by atoms with E-state index in [0.717, 1.165) is 36.4 Å². The van der Waals surface area contributed by atoms with E-state index in [-0.39, 0.29) is 6.04 Å². The van der Waals surface area contributed by atoms with Crippen LogP contribution in [0.5, 0.6) is 0 Å². The summed E-state index contributed by atoms with van der Waals surface area (Å²) in [4.78, 5) is 5.31. The molecule has 0 amide bonds. The molecule has 0 saturated carbocycles. The third-order valence-electron chi connectivity index (χ3n) is 3.24.